The molecule has 0 atom stereocenters. The molecule has 4 bridgehead atoms. The quantitative estimate of drug-likeness (QED) is 0.784. The SMILES string of the molecule is CC12CN3CC(C)(CN(C1)C3c1cccc(N)c1)C2. The molecule has 0 saturated carbocycles. The molecular formula is C16H23N3. The van der Waals surface area contributed by atoms with Crippen LogP contribution in [0.5, 0.6) is 0 Å². The van der Waals surface area contributed by atoms with Gasteiger partial charge in [-0.2, -0.15) is 0 Å². The summed E-state index contributed by atoms with van der Waals surface area (Å²) in [6.45, 7) is 9.85. The largest absolute Gasteiger partial charge is 0.399 e. The van der Waals surface area contributed by atoms with E-state index in [0.717, 1.165) is 5.69 Å². The minimum Gasteiger partial charge on any atom is -0.399 e. The van der Waals surface area contributed by atoms with Crippen molar-refractivity contribution >= 4 is 5.69 Å². The Morgan fingerprint density at radius 3 is 2.16 bits per heavy atom. The molecule has 0 aliphatic carbocycles. The van der Waals surface area contributed by atoms with Gasteiger partial charge in [0.15, 0.2) is 0 Å². The first-order valence-electron chi connectivity index (χ1n) is 7.30. The topological polar surface area (TPSA) is 32.5 Å². The van der Waals surface area contributed by atoms with Gasteiger partial charge >= 0.3 is 0 Å². The van der Waals surface area contributed by atoms with E-state index in [2.05, 4.69) is 41.8 Å². The van der Waals surface area contributed by atoms with E-state index in [1.807, 2.05) is 6.07 Å². The van der Waals surface area contributed by atoms with Crippen molar-refractivity contribution in [2.24, 2.45) is 10.8 Å². The molecule has 19 heavy (non-hydrogen) atoms. The van der Waals surface area contributed by atoms with Gasteiger partial charge in [-0.25, -0.2) is 0 Å². The van der Waals surface area contributed by atoms with E-state index in [4.69, 9.17) is 5.73 Å². The van der Waals surface area contributed by atoms with Crippen molar-refractivity contribution in [3.05, 3.63) is 29.8 Å². The Morgan fingerprint density at radius 1 is 1.05 bits per heavy atom. The molecule has 3 nitrogen and oxygen atoms in total. The molecule has 102 valence electrons. The third kappa shape index (κ3) is 1.72. The summed E-state index contributed by atoms with van der Waals surface area (Å²) in [4.78, 5) is 5.34. The van der Waals surface area contributed by atoms with Gasteiger partial charge in [-0.3, -0.25) is 9.80 Å². The second-order valence-electron chi connectivity index (χ2n) is 7.65. The summed E-state index contributed by atoms with van der Waals surface area (Å²) in [6.07, 6.45) is 1.83. The number of nitrogen functional groups attached to an aromatic ring is 1. The molecule has 4 saturated heterocycles. The molecule has 3 heteroatoms. The smallest absolute Gasteiger partial charge is 0.0887 e. The average molecular weight is 257 g/mol. The summed E-state index contributed by atoms with van der Waals surface area (Å²) in [7, 11) is 0. The fourth-order valence-corrected chi connectivity index (χ4v) is 5.15. The van der Waals surface area contributed by atoms with Gasteiger partial charge in [-0.05, 0) is 34.9 Å². The van der Waals surface area contributed by atoms with E-state index in [9.17, 15) is 0 Å². The van der Waals surface area contributed by atoms with Crippen molar-refractivity contribution in [3.63, 3.8) is 0 Å². The van der Waals surface area contributed by atoms with Gasteiger partial charge in [0.05, 0.1) is 6.17 Å². The van der Waals surface area contributed by atoms with Crippen LogP contribution < -0.4 is 5.73 Å². The van der Waals surface area contributed by atoms with E-state index >= 15 is 0 Å². The summed E-state index contributed by atoms with van der Waals surface area (Å²) in [6, 6.07) is 8.44. The molecule has 0 amide bonds. The standard InChI is InChI=1S/C16H23N3/c1-15-7-16(2)10-18(8-15)14(19(9-15)11-16)12-4-3-5-13(17)6-12/h3-6,14H,7-11,17H2,1-2H3. The van der Waals surface area contributed by atoms with Crippen LogP contribution in [-0.2, 0) is 0 Å². The fourth-order valence-electron chi connectivity index (χ4n) is 5.15. The highest BCUT2D eigenvalue weighted by atomic mass is 15.4. The predicted molar refractivity (Wildman–Crippen MR) is 77.6 cm³/mol. The molecule has 1 aromatic carbocycles. The summed E-state index contributed by atoms with van der Waals surface area (Å²) in [5.41, 5.74) is 9.19. The van der Waals surface area contributed by atoms with E-state index in [1.165, 1.54) is 38.2 Å². The Bertz CT molecular complexity index is 488. The third-order valence-corrected chi connectivity index (χ3v) is 5.09. The number of piperidine rings is 2. The first kappa shape index (κ1) is 11.7. The maximum absolute atomic E-state index is 5.97. The lowest BCUT2D eigenvalue weighted by atomic mass is 9.63. The van der Waals surface area contributed by atoms with Gasteiger partial charge in [-0.15, -0.1) is 0 Å². The number of nitrogens with zero attached hydrogens (tertiary/aromatic N) is 2. The highest BCUT2D eigenvalue weighted by molar-refractivity contribution is 5.42. The highest BCUT2D eigenvalue weighted by Gasteiger charge is 2.56. The second-order valence-corrected chi connectivity index (χ2v) is 7.65. The van der Waals surface area contributed by atoms with Crippen LogP contribution in [0.15, 0.2) is 24.3 Å². The zero-order chi connectivity index (χ0) is 13.3. The monoisotopic (exact) mass is 257 g/mol. The normalized spacial score (nSPS) is 47.6. The summed E-state index contributed by atoms with van der Waals surface area (Å²) in [5.74, 6) is 0. The van der Waals surface area contributed by atoms with Gasteiger partial charge in [0.1, 0.15) is 0 Å². The zero-order valence-electron chi connectivity index (χ0n) is 11.9. The molecular weight excluding hydrogens is 234 g/mol. The first-order valence-corrected chi connectivity index (χ1v) is 7.30. The minimum absolute atomic E-state index is 0.449. The minimum atomic E-state index is 0.449. The van der Waals surface area contributed by atoms with E-state index in [-0.39, 0.29) is 0 Å². The van der Waals surface area contributed by atoms with E-state index in [0.29, 0.717) is 17.0 Å². The Labute approximate surface area is 115 Å². The van der Waals surface area contributed by atoms with Crippen LogP contribution in [0.3, 0.4) is 0 Å². The van der Waals surface area contributed by atoms with Crippen LogP contribution >= 0.6 is 0 Å². The van der Waals surface area contributed by atoms with Crippen molar-refractivity contribution in [3.8, 4) is 0 Å². The number of rotatable bonds is 1. The maximum atomic E-state index is 5.97. The van der Waals surface area contributed by atoms with Gasteiger partial charge < -0.3 is 5.73 Å². The third-order valence-electron chi connectivity index (χ3n) is 5.09. The lowest BCUT2D eigenvalue weighted by Crippen LogP contribution is -2.70. The maximum Gasteiger partial charge on any atom is 0.0887 e. The van der Waals surface area contributed by atoms with Crippen LogP contribution in [0.1, 0.15) is 32.0 Å². The summed E-state index contributed by atoms with van der Waals surface area (Å²) >= 11 is 0. The van der Waals surface area contributed by atoms with Crippen LogP contribution in [0, 0.1) is 10.8 Å². The average Bonchev–Trinajstić information content (AvgIpc) is 2.24. The molecule has 4 fully saturated rings. The van der Waals surface area contributed by atoms with E-state index < -0.39 is 0 Å². The first-order chi connectivity index (χ1) is 8.96. The lowest BCUT2D eigenvalue weighted by Gasteiger charge is -2.66. The molecule has 4 aliphatic heterocycles. The molecule has 1 aromatic rings. The molecule has 5 rings (SSSR count). The molecule has 0 radical (unpaired) electrons. The molecule has 0 aromatic heterocycles. The molecule has 4 heterocycles. The van der Waals surface area contributed by atoms with Crippen LogP contribution in [-0.4, -0.2) is 36.0 Å². The Balaban J connectivity index is 1.73. The van der Waals surface area contributed by atoms with Gasteiger partial charge in [0.2, 0.25) is 0 Å². The van der Waals surface area contributed by atoms with Crippen LogP contribution in [0.4, 0.5) is 5.69 Å². The van der Waals surface area contributed by atoms with Gasteiger partial charge in [0.25, 0.3) is 0 Å². The number of anilines is 1. The van der Waals surface area contributed by atoms with Crippen molar-refractivity contribution in [1.82, 2.24) is 9.80 Å². The predicted octanol–water partition coefficient (Wildman–Crippen LogP) is 2.31. The van der Waals surface area contributed by atoms with Crippen molar-refractivity contribution in [2.45, 2.75) is 26.4 Å². The Hall–Kier alpha value is -1.06. The molecule has 2 N–H and O–H groups in total. The van der Waals surface area contributed by atoms with Crippen LogP contribution in [0.25, 0.3) is 0 Å². The molecule has 4 aliphatic rings. The second kappa shape index (κ2) is 3.53. The molecule has 0 unspecified atom stereocenters. The zero-order valence-corrected chi connectivity index (χ0v) is 11.9. The summed E-state index contributed by atoms with van der Waals surface area (Å²) in [5, 5.41) is 0. The highest BCUT2D eigenvalue weighted by Crippen LogP contribution is 2.54. The van der Waals surface area contributed by atoms with Crippen LogP contribution in [0.2, 0.25) is 0 Å². The summed E-state index contributed by atoms with van der Waals surface area (Å²) < 4.78 is 0. The van der Waals surface area contributed by atoms with Gasteiger partial charge in [0, 0.05) is 31.9 Å². The van der Waals surface area contributed by atoms with Crippen molar-refractivity contribution < 1.29 is 0 Å². The van der Waals surface area contributed by atoms with Gasteiger partial charge in [-0.1, -0.05) is 26.0 Å². The van der Waals surface area contributed by atoms with Crippen molar-refractivity contribution in [2.75, 3.05) is 31.9 Å². The molecule has 0 spiro atoms. The number of nitrogens with two attached hydrogens (primary N) is 1. The number of hydrogen-bond donors (Lipinski definition) is 1. The Kier molecular flexibility index (Phi) is 2.18. The number of benzene rings is 1. The van der Waals surface area contributed by atoms with Crippen molar-refractivity contribution in [1.29, 1.82) is 0 Å². The fraction of sp³-hybridized carbons (Fsp3) is 0.625. The Morgan fingerprint density at radius 2 is 1.63 bits per heavy atom. The lowest BCUT2D eigenvalue weighted by molar-refractivity contribution is -0.194. The number of hydrogen-bond acceptors (Lipinski definition) is 3. The van der Waals surface area contributed by atoms with E-state index in [1.54, 1.807) is 0 Å².